The Bertz CT molecular complexity index is 732. The van der Waals surface area contributed by atoms with Crippen LogP contribution in [0.3, 0.4) is 0 Å². The van der Waals surface area contributed by atoms with E-state index in [0.29, 0.717) is 17.9 Å². The highest BCUT2D eigenvalue weighted by atomic mass is 16.5. The van der Waals surface area contributed by atoms with Gasteiger partial charge in [-0.1, -0.05) is 12.1 Å². The number of hydrogen-bond acceptors (Lipinski definition) is 4. The molecule has 2 aromatic rings. The van der Waals surface area contributed by atoms with Gasteiger partial charge in [-0.25, -0.2) is 4.79 Å². The standard InChI is InChI=1S/C19H20N2O3/c1-3-24-19(22)16-8-12-18(13-9-16)21(23)14-4-5-15-6-10-17(20-2)11-7-15/h4-14,20H,3H2,1-2H3. The number of hydrogen-bond donors (Lipinski definition) is 1. The first kappa shape index (κ1) is 17.3. The largest absolute Gasteiger partial charge is 0.618 e. The number of anilines is 1. The monoisotopic (exact) mass is 324 g/mol. The summed E-state index contributed by atoms with van der Waals surface area (Å²) in [6, 6.07) is 14.2. The van der Waals surface area contributed by atoms with Crippen molar-refractivity contribution in [3.8, 4) is 0 Å². The highest BCUT2D eigenvalue weighted by Gasteiger charge is 2.07. The number of rotatable bonds is 6. The molecule has 0 heterocycles. The van der Waals surface area contributed by atoms with Gasteiger partial charge < -0.3 is 15.3 Å². The number of esters is 1. The van der Waals surface area contributed by atoms with Crippen LogP contribution in [0.25, 0.3) is 6.08 Å². The van der Waals surface area contributed by atoms with Gasteiger partial charge in [-0.05, 0) is 42.8 Å². The summed E-state index contributed by atoms with van der Waals surface area (Å²) in [5.41, 5.74) is 2.90. The third-order valence-electron chi connectivity index (χ3n) is 3.34. The van der Waals surface area contributed by atoms with Crippen LogP contribution in [0, 0.1) is 5.21 Å². The molecule has 5 heteroatoms. The summed E-state index contributed by atoms with van der Waals surface area (Å²) in [5.74, 6) is -0.393. The molecule has 124 valence electrons. The summed E-state index contributed by atoms with van der Waals surface area (Å²) in [7, 11) is 1.86. The van der Waals surface area contributed by atoms with Crippen molar-refractivity contribution in [3.63, 3.8) is 0 Å². The van der Waals surface area contributed by atoms with Crippen molar-refractivity contribution in [2.24, 2.45) is 0 Å². The molecule has 0 atom stereocenters. The first-order valence-corrected chi connectivity index (χ1v) is 7.67. The molecule has 0 aliphatic rings. The van der Waals surface area contributed by atoms with Crippen LogP contribution in [0.15, 0.2) is 54.6 Å². The van der Waals surface area contributed by atoms with E-state index in [2.05, 4.69) is 5.32 Å². The molecular weight excluding hydrogens is 304 g/mol. The molecule has 2 rings (SSSR count). The van der Waals surface area contributed by atoms with E-state index < -0.39 is 5.97 Å². The molecule has 0 unspecified atom stereocenters. The molecule has 0 amide bonds. The SMILES string of the molecule is CCOC(=O)c1ccc([N+]([O-])=CC=Cc2ccc(NC)cc2)cc1. The van der Waals surface area contributed by atoms with Gasteiger partial charge >= 0.3 is 5.97 Å². The van der Waals surface area contributed by atoms with Gasteiger partial charge in [0.05, 0.1) is 12.2 Å². The highest BCUT2D eigenvalue weighted by Crippen LogP contribution is 2.13. The first-order valence-electron chi connectivity index (χ1n) is 7.67. The van der Waals surface area contributed by atoms with Gasteiger partial charge in [0.1, 0.15) is 0 Å². The summed E-state index contributed by atoms with van der Waals surface area (Å²) in [6.07, 6.45) is 4.95. The quantitative estimate of drug-likeness (QED) is 0.288. The minimum Gasteiger partial charge on any atom is -0.618 e. The van der Waals surface area contributed by atoms with E-state index in [-0.39, 0.29) is 0 Å². The lowest BCUT2D eigenvalue weighted by Gasteiger charge is -2.04. The average molecular weight is 324 g/mol. The number of nitrogens with zero attached hydrogens (tertiary/aromatic N) is 1. The zero-order valence-electron chi connectivity index (χ0n) is 13.7. The first-order chi connectivity index (χ1) is 11.6. The van der Waals surface area contributed by atoms with Crippen molar-refractivity contribution >= 4 is 29.6 Å². The molecule has 0 saturated heterocycles. The van der Waals surface area contributed by atoms with Gasteiger partial charge in [0, 0.05) is 30.9 Å². The molecule has 0 radical (unpaired) electrons. The highest BCUT2D eigenvalue weighted by molar-refractivity contribution is 5.89. The van der Waals surface area contributed by atoms with Gasteiger partial charge in [0.25, 0.3) is 0 Å². The van der Waals surface area contributed by atoms with Crippen molar-refractivity contribution < 1.29 is 14.3 Å². The van der Waals surface area contributed by atoms with E-state index in [4.69, 9.17) is 4.74 Å². The third-order valence-corrected chi connectivity index (χ3v) is 3.34. The zero-order chi connectivity index (χ0) is 17.4. The normalized spacial score (nSPS) is 11.5. The maximum absolute atomic E-state index is 12.0. The average Bonchev–Trinajstić information content (AvgIpc) is 2.62. The maximum atomic E-state index is 12.0. The number of nitrogens with one attached hydrogen (secondary N) is 1. The Hall–Kier alpha value is -3.08. The van der Waals surface area contributed by atoms with Gasteiger partial charge in [-0.2, -0.15) is 4.74 Å². The van der Waals surface area contributed by atoms with Crippen molar-refractivity contribution in [1.82, 2.24) is 0 Å². The summed E-state index contributed by atoms with van der Waals surface area (Å²) >= 11 is 0. The second-order valence-electron chi connectivity index (χ2n) is 4.97. The molecule has 24 heavy (non-hydrogen) atoms. The summed E-state index contributed by atoms with van der Waals surface area (Å²) in [4.78, 5) is 11.6. The third kappa shape index (κ3) is 4.71. The predicted molar refractivity (Wildman–Crippen MR) is 96.8 cm³/mol. The number of benzene rings is 2. The smallest absolute Gasteiger partial charge is 0.338 e. The fraction of sp³-hybridized carbons (Fsp3) is 0.158. The van der Waals surface area contributed by atoms with Gasteiger partial charge in [-0.3, -0.25) is 0 Å². The Balaban J connectivity index is 2.04. The number of ether oxygens (including phenoxy) is 1. The summed E-state index contributed by atoms with van der Waals surface area (Å²) in [6.45, 7) is 2.07. The van der Waals surface area contributed by atoms with E-state index >= 15 is 0 Å². The number of allylic oxidation sites excluding steroid dienone is 1. The van der Waals surface area contributed by atoms with E-state index in [1.807, 2.05) is 37.4 Å². The second-order valence-corrected chi connectivity index (χ2v) is 4.97. The van der Waals surface area contributed by atoms with Crippen LogP contribution in [0.1, 0.15) is 22.8 Å². The number of carbonyl (C=O) groups excluding carboxylic acids is 1. The molecule has 0 bridgehead atoms. The van der Waals surface area contributed by atoms with Crippen LogP contribution in [0.4, 0.5) is 11.4 Å². The van der Waals surface area contributed by atoms with Crippen LogP contribution in [-0.2, 0) is 4.74 Å². The van der Waals surface area contributed by atoms with Gasteiger partial charge in [-0.15, -0.1) is 0 Å². The van der Waals surface area contributed by atoms with Crippen molar-refractivity contribution in [1.29, 1.82) is 0 Å². The minimum absolute atomic E-state index is 0.322. The fourth-order valence-electron chi connectivity index (χ4n) is 2.04. The van der Waals surface area contributed by atoms with Crippen LogP contribution >= 0.6 is 0 Å². The van der Waals surface area contributed by atoms with Crippen LogP contribution in [0.5, 0.6) is 0 Å². The van der Waals surface area contributed by atoms with E-state index in [1.165, 1.54) is 6.21 Å². The topological polar surface area (TPSA) is 64.4 Å². The Morgan fingerprint density at radius 3 is 2.42 bits per heavy atom. The van der Waals surface area contributed by atoms with E-state index in [1.54, 1.807) is 37.3 Å². The lowest BCUT2D eigenvalue weighted by molar-refractivity contribution is -0.354. The van der Waals surface area contributed by atoms with E-state index in [0.717, 1.165) is 16.0 Å². The molecule has 0 aliphatic heterocycles. The summed E-state index contributed by atoms with van der Waals surface area (Å²) < 4.78 is 5.65. The molecule has 1 N–H and O–H groups in total. The molecule has 0 spiro atoms. The summed E-state index contributed by atoms with van der Waals surface area (Å²) in [5, 5.41) is 15.1. The Kier molecular flexibility index (Phi) is 6.14. The fourth-order valence-corrected chi connectivity index (χ4v) is 2.04. The molecule has 5 nitrogen and oxygen atoms in total. The Labute approximate surface area is 141 Å². The minimum atomic E-state index is -0.393. The molecule has 0 saturated carbocycles. The van der Waals surface area contributed by atoms with Crippen LogP contribution in [-0.4, -0.2) is 30.6 Å². The van der Waals surface area contributed by atoms with Gasteiger partial charge in [0.15, 0.2) is 6.21 Å². The van der Waals surface area contributed by atoms with Crippen molar-refractivity contribution in [3.05, 3.63) is 70.9 Å². The lowest BCUT2D eigenvalue weighted by Crippen LogP contribution is -2.04. The molecule has 0 aliphatic carbocycles. The Morgan fingerprint density at radius 2 is 1.83 bits per heavy atom. The van der Waals surface area contributed by atoms with Crippen molar-refractivity contribution in [2.75, 3.05) is 19.0 Å². The zero-order valence-corrected chi connectivity index (χ0v) is 13.7. The second kappa shape index (κ2) is 8.53. The lowest BCUT2D eigenvalue weighted by atomic mass is 10.2. The molecule has 0 aromatic heterocycles. The van der Waals surface area contributed by atoms with E-state index in [9.17, 15) is 10.0 Å². The molecule has 0 fully saturated rings. The number of carbonyl (C=O) groups is 1. The molecule has 2 aromatic carbocycles. The van der Waals surface area contributed by atoms with Crippen LogP contribution < -0.4 is 5.32 Å². The van der Waals surface area contributed by atoms with Gasteiger partial charge in [0.2, 0.25) is 5.69 Å². The van der Waals surface area contributed by atoms with Crippen LogP contribution in [0.2, 0.25) is 0 Å². The maximum Gasteiger partial charge on any atom is 0.338 e. The Morgan fingerprint density at radius 1 is 1.17 bits per heavy atom. The predicted octanol–water partition coefficient (Wildman–Crippen LogP) is 3.83. The molecular formula is C19H20N2O3. The van der Waals surface area contributed by atoms with Crippen molar-refractivity contribution in [2.45, 2.75) is 6.92 Å².